The lowest BCUT2D eigenvalue weighted by Crippen LogP contribution is -2.37. The molecule has 1 amide bonds. The Labute approximate surface area is 128 Å². The predicted octanol–water partition coefficient (Wildman–Crippen LogP) is 2.27. The standard InChI is InChI=1S/C15H22BrN3O/c1-11(17)6-7-15(20)18-12-8-9-19(10-12)14-5-3-2-4-13(14)16/h2-5,11-12H,6-10,17H2,1H3,(H,18,20). The van der Waals surface area contributed by atoms with Crippen LogP contribution in [0.5, 0.6) is 0 Å². The number of anilines is 1. The first-order valence-corrected chi connectivity index (χ1v) is 7.90. The van der Waals surface area contributed by atoms with Gasteiger partial charge in [0.25, 0.3) is 0 Å². The van der Waals surface area contributed by atoms with Crippen LogP contribution >= 0.6 is 15.9 Å². The highest BCUT2D eigenvalue weighted by Crippen LogP contribution is 2.28. The molecule has 1 heterocycles. The molecule has 1 aromatic carbocycles. The van der Waals surface area contributed by atoms with E-state index in [9.17, 15) is 4.79 Å². The lowest BCUT2D eigenvalue weighted by Gasteiger charge is -2.20. The molecule has 5 heteroatoms. The lowest BCUT2D eigenvalue weighted by atomic mass is 10.2. The van der Waals surface area contributed by atoms with Crippen molar-refractivity contribution in [3.05, 3.63) is 28.7 Å². The van der Waals surface area contributed by atoms with Gasteiger partial charge in [0, 0.05) is 36.1 Å². The van der Waals surface area contributed by atoms with E-state index in [1.807, 2.05) is 25.1 Å². The first kappa shape index (κ1) is 15.3. The van der Waals surface area contributed by atoms with E-state index in [2.05, 4.69) is 32.2 Å². The largest absolute Gasteiger partial charge is 0.368 e. The molecule has 4 nitrogen and oxygen atoms in total. The van der Waals surface area contributed by atoms with Crippen molar-refractivity contribution in [2.75, 3.05) is 18.0 Å². The summed E-state index contributed by atoms with van der Waals surface area (Å²) < 4.78 is 1.10. The summed E-state index contributed by atoms with van der Waals surface area (Å²) in [6.45, 7) is 3.77. The molecule has 20 heavy (non-hydrogen) atoms. The molecule has 0 aromatic heterocycles. The zero-order valence-electron chi connectivity index (χ0n) is 11.8. The molecular weight excluding hydrogens is 318 g/mol. The smallest absolute Gasteiger partial charge is 0.220 e. The molecule has 1 saturated heterocycles. The molecule has 2 rings (SSSR count). The van der Waals surface area contributed by atoms with Gasteiger partial charge in [-0.25, -0.2) is 0 Å². The van der Waals surface area contributed by atoms with Crippen LogP contribution in [0.1, 0.15) is 26.2 Å². The number of nitrogens with one attached hydrogen (secondary N) is 1. The van der Waals surface area contributed by atoms with Gasteiger partial charge in [-0.15, -0.1) is 0 Å². The van der Waals surface area contributed by atoms with E-state index in [-0.39, 0.29) is 18.0 Å². The molecule has 1 fully saturated rings. The molecule has 2 atom stereocenters. The Kier molecular flexibility index (Phi) is 5.43. The van der Waals surface area contributed by atoms with Gasteiger partial charge in [-0.2, -0.15) is 0 Å². The third kappa shape index (κ3) is 4.21. The summed E-state index contributed by atoms with van der Waals surface area (Å²) in [5.74, 6) is 0.112. The van der Waals surface area contributed by atoms with E-state index in [1.54, 1.807) is 0 Å². The zero-order chi connectivity index (χ0) is 14.5. The van der Waals surface area contributed by atoms with E-state index in [1.165, 1.54) is 5.69 Å². The van der Waals surface area contributed by atoms with Crippen molar-refractivity contribution in [1.82, 2.24) is 5.32 Å². The molecule has 0 bridgehead atoms. The highest BCUT2D eigenvalue weighted by molar-refractivity contribution is 9.10. The van der Waals surface area contributed by atoms with E-state index >= 15 is 0 Å². The minimum atomic E-state index is 0.0844. The van der Waals surface area contributed by atoms with Crippen LogP contribution < -0.4 is 16.0 Å². The maximum atomic E-state index is 11.8. The van der Waals surface area contributed by atoms with Gasteiger partial charge in [0.2, 0.25) is 5.91 Å². The van der Waals surface area contributed by atoms with Crippen LogP contribution in [-0.4, -0.2) is 31.1 Å². The van der Waals surface area contributed by atoms with E-state index in [4.69, 9.17) is 5.73 Å². The summed E-state index contributed by atoms with van der Waals surface area (Å²) in [5.41, 5.74) is 6.86. The number of carbonyl (C=O) groups excluding carboxylic acids is 1. The van der Waals surface area contributed by atoms with Crippen molar-refractivity contribution in [3.8, 4) is 0 Å². The molecule has 3 N–H and O–H groups in total. The second kappa shape index (κ2) is 7.09. The van der Waals surface area contributed by atoms with Gasteiger partial charge in [-0.05, 0) is 47.8 Å². The van der Waals surface area contributed by atoms with E-state index < -0.39 is 0 Å². The van der Waals surface area contributed by atoms with Crippen LogP contribution in [0, 0.1) is 0 Å². The zero-order valence-corrected chi connectivity index (χ0v) is 13.4. The van der Waals surface area contributed by atoms with Gasteiger partial charge in [-0.1, -0.05) is 12.1 Å². The summed E-state index contributed by atoms with van der Waals surface area (Å²) in [6, 6.07) is 8.52. The van der Waals surface area contributed by atoms with E-state index in [0.717, 1.165) is 30.4 Å². The van der Waals surface area contributed by atoms with Crippen LogP contribution in [0.15, 0.2) is 28.7 Å². The normalized spacial score (nSPS) is 19.9. The maximum absolute atomic E-state index is 11.8. The number of nitrogens with two attached hydrogens (primary N) is 1. The van der Waals surface area contributed by atoms with Gasteiger partial charge >= 0.3 is 0 Å². The third-order valence-corrected chi connectivity index (χ3v) is 4.24. The molecule has 110 valence electrons. The number of halogens is 1. The average molecular weight is 340 g/mol. The van der Waals surface area contributed by atoms with Crippen LogP contribution in [0.4, 0.5) is 5.69 Å². The molecule has 0 saturated carbocycles. The number of hydrogen-bond donors (Lipinski definition) is 2. The number of hydrogen-bond acceptors (Lipinski definition) is 3. The number of nitrogens with zero attached hydrogens (tertiary/aromatic N) is 1. The minimum Gasteiger partial charge on any atom is -0.368 e. The summed E-state index contributed by atoms with van der Waals surface area (Å²) in [5, 5.41) is 3.10. The van der Waals surface area contributed by atoms with Crippen molar-refractivity contribution >= 4 is 27.5 Å². The van der Waals surface area contributed by atoms with Gasteiger partial charge in [0.05, 0.1) is 5.69 Å². The fourth-order valence-corrected chi connectivity index (χ4v) is 3.00. The van der Waals surface area contributed by atoms with Crippen LogP contribution in [-0.2, 0) is 4.79 Å². The Morgan fingerprint density at radius 2 is 2.30 bits per heavy atom. The molecule has 1 aromatic rings. The summed E-state index contributed by atoms with van der Waals surface area (Å²) in [7, 11) is 0. The monoisotopic (exact) mass is 339 g/mol. The molecule has 1 aliphatic rings. The Bertz CT molecular complexity index is 464. The molecule has 0 aliphatic carbocycles. The maximum Gasteiger partial charge on any atom is 0.220 e. The number of carbonyl (C=O) groups is 1. The quantitative estimate of drug-likeness (QED) is 0.865. The Hall–Kier alpha value is -1.07. The number of amides is 1. The number of benzene rings is 1. The summed E-state index contributed by atoms with van der Waals surface area (Å²) >= 11 is 3.57. The van der Waals surface area contributed by atoms with E-state index in [0.29, 0.717) is 6.42 Å². The number of rotatable bonds is 5. The van der Waals surface area contributed by atoms with Crippen LogP contribution in [0.2, 0.25) is 0 Å². The number of para-hydroxylation sites is 1. The van der Waals surface area contributed by atoms with Gasteiger partial charge in [0.1, 0.15) is 0 Å². The second-order valence-electron chi connectivity index (χ2n) is 5.47. The van der Waals surface area contributed by atoms with Crippen LogP contribution in [0.3, 0.4) is 0 Å². The Morgan fingerprint density at radius 3 is 3.00 bits per heavy atom. The fraction of sp³-hybridized carbons (Fsp3) is 0.533. The van der Waals surface area contributed by atoms with Crippen molar-refractivity contribution in [3.63, 3.8) is 0 Å². The van der Waals surface area contributed by atoms with Gasteiger partial charge in [0.15, 0.2) is 0 Å². The Morgan fingerprint density at radius 1 is 1.55 bits per heavy atom. The third-order valence-electron chi connectivity index (χ3n) is 3.57. The first-order valence-electron chi connectivity index (χ1n) is 7.10. The lowest BCUT2D eigenvalue weighted by molar-refractivity contribution is -0.121. The minimum absolute atomic E-state index is 0.0844. The second-order valence-corrected chi connectivity index (χ2v) is 6.32. The highest BCUT2D eigenvalue weighted by atomic mass is 79.9. The molecule has 2 unspecified atom stereocenters. The van der Waals surface area contributed by atoms with Crippen molar-refractivity contribution in [2.45, 2.75) is 38.3 Å². The fourth-order valence-electron chi connectivity index (χ4n) is 2.46. The van der Waals surface area contributed by atoms with Gasteiger partial charge < -0.3 is 16.0 Å². The molecule has 0 spiro atoms. The molecule has 0 radical (unpaired) electrons. The summed E-state index contributed by atoms with van der Waals surface area (Å²) in [4.78, 5) is 14.1. The SMILES string of the molecule is CC(N)CCC(=O)NC1CCN(c2ccccc2Br)C1. The van der Waals surface area contributed by atoms with Gasteiger partial charge in [-0.3, -0.25) is 4.79 Å². The van der Waals surface area contributed by atoms with Crippen molar-refractivity contribution in [2.24, 2.45) is 5.73 Å². The van der Waals surface area contributed by atoms with Crippen molar-refractivity contribution in [1.29, 1.82) is 0 Å². The Balaban J connectivity index is 1.84. The molecular formula is C15H22BrN3O. The average Bonchev–Trinajstić information content (AvgIpc) is 2.85. The van der Waals surface area contributed by atoms with Crippen LogP contribution in [0.25, 0.3) is 0 Å². The van der Waals surface area contributed by atoms with Crippen molar-refractivity contribution < 1.29 is 4.79 Å². The predicted molar refractivity (Wildman–Crippen MR) is 85.8 cm³/mol. The first-order chi connectivity index (χ1) is 9.56. The topological polar surface area (TPSA) is 58.4 Å². The highest BCUT2D eigenvalue weighted by Gasteiger charge is 2.24. The molecule has 1 aliphatic heterocycles. The summed E-state index contributed by atoms with van der Waals surface area (Å²) in [6.07, 6.45) is 2.25.